The highest BCUT2D eigenvalue weighted by atomic mass is 16.6. The lowest BCUT2D eigenvalue weighted by Crippen LogP contribution is -2.20. The van der Waals surface area contributed by atoms with Gasteiger partial charge in [-0.1, -0.05) is 18.2 Å². The second-order valence-corrected chi connectivity index (χ2v) is 6.26. The zero-order valence-electron chi connectivity index (χ0n) is 17.0. The van der Waals surface area contributed by atoms with Crippen LogP contribution in [0.3, 0.4) is 0 Å². The highest BCUT2D eigenvalue weighted by molar-refractivity contribution is 5.95. The second-order valence-electron chi connectivity index (χ2n) is 6.26. The minimum atomic E-state index is -0.628. The summed E-state index contributed by atoms with van der Waals surface area (Å²) < 4.78 is 9.93. The van der Waals surface area contributed by atoms with E-state index in [0.29, 0.717) is 23.0 Å². The molecule has 0 bridgehead atoms. The highest BCUT2D eigenvalue weighted by Gasteiger charge is 2.17. The van der Waals surface area contributed by atoms with E-state index in [1.807, 2.05) is 44.2 Å². The number of rotatable bonds is 8. The van der Waals surface area contributed by atoms with E-state index in [2.05, 4.69) is 26.3 Å². The summed E-state index contributed by atoms with van der Waals surface area (Å²) in [6, 6.07) is 11.0. The Kier molecular flexibility index (Phi) is 8.08. The van der Waals surface area contributed by atoms with E-state index in [1.165, 1.54) is 0 Å². The number of nitrogens with one attached hydrogen (secondary N) is 4. The number of aromatic nitrogens is 1. The summed E-state index contributed by atoms with van der Waals surface area (Å²) >= 11 is 0. The van der Waals surface area contributed by atoms with Gasteiger partial charge in [-0.2, -0.15) is 0 Å². The molecule has 0 atom stereocenters. The Hall–Kier alpha value is -3.49. The fraction of sp³-hybridized carbons (Fsp3) is 0.350. The van der Waals surface area contributed by atoms with Crippen LogP contribution >= 0.6 is 0 Å². The Morgan fingerprint density at radius 2 is 1.48 bits per heavy atom. The van der Waals surface area contributed by atoms with Gasteiger partial charge in [0.05, 0.1) is 24.6 Å². The molecular weight excluding hydrogens is 374 g/mol. The number of ether oxygens (including phenoxy) is 2. The Bertz CT molecular complexity index is 827. The molecule has 2 amide bonds. The van der Waals surface area contributed by atoms with Crippen molar-refractivity contribution >= 4 is 40.9 Å². The van der Waals surface area contributed by atoms with Gasteiger partial charge >= 0.3 is 12.2 Å². The molecule has 1 heterocycles. The molecule has 9 nitrogen and oxygen atoms in total. The summed E-state index contributed by atoms with van der Waals surface area (Å²) in [7, 11) is 0. The van der Waals surface area contributed by atoms with Crippen molar-refractivity contribution in [1.29, 1.82) is 0 Å². The van der Waals surface area contributed by atoms with Gasteiger partial charge in [-0.15, -0.1) is 0 Å². The zero-order valence-corrected chi connectivity index (χ0v) is 17.0. The number of hydrogen-bond acceptors (Lipinski definition) is 7. The number of para-hydroxylation sites is 1. The van der Waals surface area contributed by atoms with Crippen LogP contribution in [-0.4, -0.2) is 36.4 Å². The molecule has 0 saturated carbocycles. The minimum Gasteiger partial charge on any atom is -0.450 e. The van der Waals surface area contributed by atoms with Gasteiger partial charge in [-0.05, 0) is 45.9 Å². The zero-order chi connectivity index (χ0) is 21.2. The van der Waals surface area contributed by atoms with E-state index >= 15 is 0 Å². The van der Waals surface area contributed by atoms with Gasteiger partial charge in [0.2, 0.25) is 0 Å². The summed E-state index contributed by atoms with van der Waals surface area (Å²) in [5, 5.41) is 11.7. The normalized spacial score (nSPS) is 10.2. The first-order chi connectivity index (χ1) is 13.9. The van der Waals surface area contributed by atoms with Gasteiger partial charge in [-0.25, -0.2) is 14.6 Å². The molecule has 2 rings (SSSR count). The number of carbonyl (C=O) groups is 2. The number of hydrogen-bond donors (Lipinski definition) is 4. The summed E-state index contributed by atoms with van der Waals surface area (Å²) in [6.07, 6.45) is -1.25. The van der Waals surface area contributed by atoms with Crippen molar-refractivity contribution in [3.05, 3.63) is 36.4 Å². The van der Waals surface area contributed by atoms with E-state index in [9.17, 15) is 9.59 Å². The highest BCUT2D eigenvalue weighted by Crippen LogP contribution is 2.32. The maximum atomic E-state index is 12.0. The summed E-state index contributed by atoms with van der Waals surface area (Å²) in [4.78, 5) is 28.5. The van der Waals surface area contributed by atoms with Gasteiger partial charge in [0.15, 0.2) is 11.6 Å². The van der Waals surface area contributed by atoms with Crippen LogP contribution in [0.1, 0.15) is 27.7 Å². The average Bonchev–Trinajstić information content (AvgIpc) is 2.66. The molecule has 0 unspecified atom stereocenters. The van der Waals surface area contributed by atoms with Crippen molar-refractivity contribution in [2.24, 2.45) is 0 Å². The van der Waals surface area contributed by atoms with Gasteiger partial charge in [0.1, 0.15) is 0 Å². The lowest BCUT2D eigenvalue weighted by molar-refractivity contribution is 0.167. The molecule has 9 heteroatoms. The van der Waals surface area contributed by atoms with Crippen LogP contribution < -0.4 is 21.3 Å². The first-order valence-corrected chi connectivity index (χ1v) is 9.44. The lowest BCUT2D eigenvalue weighted by atomic mass is 10.2. The fourth-order valence-electron chi connectivity index (χ4n) is 2.40. The van der Waals surface area contributed by atoms with E-state index in [0.717, 1.165) is 5.69 Å². The van der Waals surface area contributed by atoms with Gasteiger partial charge in [-0.3, -0.25) is 10.6 Å². The SMILES string of the molecule is CCOC(=O)Nc1cc(NC(=O)OCC)c(NC(C)C)nc1Nc1ccccc1. The topological polar surface area (TPSA) is 114 Å². The lowest BCUT2D eigenvalue weighted by Gasteiger charge is -2.19. The third-order valence-electron chi connectivity index (χ3n) is 3.51. The predicted octanol–water partition coefficient (Wildman–Crippen LogP) is 4.78. The van der Waals surface area contributed by atoms with Crippen molar-refractivity contribution in [2.75, 3.05) is 34.5 Å². The van der Waals surface area contributed by atoms with E-state index < -0.39 is 12.2 Å². The van der Waals surface area contributed by atoms with Gasteiger partial charge in [0, 0.05) is 11.7 Å². The Morgan fingerprint density at radius 3 is 2.00 bits per heavy atom. The third kappa shape index (κ3) is 6.87. The maximum Gasteiger partial charge on any atom is 0.411 e. The average molecular weight is 401 g/mol. The smallest absolute Gasteiger partial charge is 0.411 e. The first kappa shape index (κ1) is 21.8. The Morgan fingerprint density at radius 1 is 0.931 bits per heavy atom. The van der Waals surface area contributed by atoms with E-state index in [1.54, 1.807) is 19.9 Å². The molecular formula is C20H27N5O4. The molecule has 2 aromatic rings. The molecule has 0 aliphatic carbocycles. The number of pyridine rings is 1. The summed E-state index contributed by atoms with van der Waals surface area (Å²) in [5.41, 5.74) is 1.49. The molecule has 4 N–H and O–H groups in total. The van der Waals surface area contributed by atoms with Crippen molar-refractivity contribution in [2.45, 2.75) is 33.7 Å². The van der Waals surface area contributed by atoms with E-state index in [-0.39, 0.29) is 19.3 Å². The van der Waals surface area contributed by atoms with Crippen LogP contribution in [0.15, 0.2) is 36.4 Å². The number of nitrogens with zero attached hydrogens (tertiary/aromatic N) is 1. The quantitative estimate of drug-likeness (QED) is 0.503. The maximum absolute atomic E-state index is 12.0. The van der Waals surface area contributed by atoms with Crippen molar-refractivity contribution in [3.8, 4) is 0 Å². The van der Waals surface area contributed by atoms with Crippen molar-refractivity contribution < 1.29 is 19.1 Å². The second kappa shape index (κ2) is 10.7. The summed E-state index contributed by atoms with van der Waals surface area (Å²) in [6.45, 7) is 7.78. The number of carbonyl (C=O) groups excluding carboxylic acids is 2. The molecule has 0 aliphatic heterocycles. The predicted molar refractivity (Wildman–Crippen MR) is 114 cm³/mol. The van der Waals surface area contributed by atoms with Crippen LogP contribution in [0.2, 0.25) is 0 Å². The molecule has 0 aliphatic rings. The number of benzene rings is 1. The first-order valence-electron chi connectivity index (χ1n) is 9.44. The molecule has 0 spiro atoms. The largest absolute Gasteiger partial charge is 0.450 e. The van der Waals surface area contributed by atoms with Crippen molar-refractivity contribution in [1.82, 2.24) is 4.98 Å². The minimum absolute atomic E-state index is 0.0543. The van der Waals surface area contributed by atoms with Crippen LogP contribution in [0.25, 0.3) is 0 Å². The molecule has 29 heavy (non-hydrogen) atoms. The van der Waals surface area contributed by atoms with Crippen LogP contribution in [-0.2, 0) is 9.47 Å². The standard InChI is InChI=1S/C20H27N5O4/c1-5-28-19(26)23-15-12-16(24-20(27)29-6-2)18(25-17(15)21-13(3)4)22-14-10-8-7-9-11-14/h7-13H,5-6H2,1-4H3,(H,23,26)(H,24,27)(H2,21,22,25). The monoisotopic (exact) mass is 401 g/mol. The molecule has 1 aromatic heterocycles. The Labute approximate surface area is 170 Å². The number of anilines is 5. The molecule has 156 valence electrons. The van der Waals surface area contributed by atoms with Crippen LogP contribution in [0.5, 0.6) is 0 Å². The van der Waals surface area contributed by atoms with Crippen molar-refractivity contribution in [3.63, 3.8) is 0 Å². The fourth-order valence-corrected chi connectivity index (χ4v) is 2.40. The van der Waals surface area contributed by atoms with Gasteiger partial charge < -0.3 is 20.1 Å². The van der Waals surface area contributed by atoms with Crippen LogP contribution in [0.4, 0.5) is 38.3 Å². The molecule has 1 aromatic carbocycles. The number of amides is 2. The van der Waals surface area contributed by atoms with Gasteiger partial charge in [0.25, 0.3) is 0 Å². The molecule has 0 radical (unpaired) electrons. The van der Waals surface area contributed by atoms with E-state index in [4.69, 9.17) is 9.47 Å². The third-order valence-corrected chi connectivity index (χ3v) is 3.51. The van der Waals surface area contributed by atoms with Crippen LogP contribution in [0, 0.1) is 0 Å². The molecule has 0 saturated heterocycles. The summed E-state index contributed by atoms with van der Waals surface area (Å²) in [5.74, 6) is 0.822. The Balaban J connectivity index is 2.46. The molecule has 0 fully saturated rings.